The highest BCUT2D eigenvalue weighted by Gasteiger charge is 2.13. The molecule has 0 bridgehead atoms. The molecule has 0 aromatic carbocycles. The van der Waals surface area contributed by atoms with Crippen molar-refractivity contribution in [1.29, 1.82) is 0 Å². The molecule has 0 radical (unpaired) electrons. The second kappa shape index (κ2) is 7.43. The number of rotatable bonds is 4. The van der Waals surface area contributed by atoms with Gasteiger partial charge in [-0.05, 0) is 0 Å². The summed E-state index contributed by atoms with van der Waals surface area (Å²) in [5.74, 6) is -2.78. The van der Waals surface area contributed by atoms with Crippen molar-refractivity contribution in [3.63, 3.8) is 0 Å². The average molecular weight is 208 g/mol. The summed E-state index contributed by atoms with van der Waals surface area (Å²) in [4.78, 5) is 19.1. The third kappa shape index (κ3) is 9.11. The first-order valence-corrected chi connectivity index (χ1v) is 3.89. The molecule has 6 heteroatoms. The van der Waals surface area contributed by atoms with Gasteiger partial charge in [0.15, 0.2) is 0 Å². The van der Waals surface area contributed by atoms with Crippen LogP contribution in [0.2, 0.25) is 0 Å². The van der Waals surface area contributed by atoms with Gasteiger partial charge < -0.3 is 20.4 Å². The van der Waals surface area contributed by atoms with Gasteiger partial charge in [0.25, 0.3) is 5.78 Å². The number of aliphatic carboxylic acids is 1. The van der Waals surface area contributed by atoms with Crippen molar-refractivity contribution >= 4 is 11.8 Å². The van der Waals surface area contributed by atoms with Gasteiger partial charge in [0.2, 0.25) is 0 Å². The van der Waals surface area contributed by atoms with E-state index in [0.29, 0.717) is 0 Å². The summed E-state index contributed by atoms with van der Waals surface area (Å²) < 4.78 is 0. The minimum absolute atomic E-state index is 0.0451. The molecule has 0 amide bonds. The molecule has 0 aromatic heterocycles. The number of aliphatic hydroxyl groups excluding tert-OH is 3. The first kappa shape index (κ1) is 15.5. The number of ketones is 1. The molecule has 14 heavy (non-hydrogen) atoms. The first-order chi connectivity index (χ1) is 6.30. The third-order valence-corrected chi connectivity index (χ3v) is 1.24. The Balaban J connectivity index is 0. The van der Waals surface area contributed by atoms with E-state index >= 15 is 0 Å². The number of hydrogen-bond donors (Lipinski definition) is 4. The summed E-state index contributed by atoms with van der Waals surface area (Å²) in [6.45, 7) is 2.77. The molecule has 0 unspecified atom stereocenters. The number of aliphatic hydroxyl groups is 3. The molecule has 4 N–H and O–H groups in total. The second-order valence-corrected chi connectivity index (χ2v) is 3.37. The Morgan fingerprint density at radius 2 is 1.43 bits per heavy atom. The Morgan fingerprint density at radius 3 is 1.43 bits per heavy atom. The van der Waals surface area contributed by atoms with Crippen LogP contribution in [0.5, 0.6) is 0 Å². The average Bonchev–Trinajstić information content (AvgIpc) is 2.17. The lowest BCUT2D eigenvalue weighted by molar-refractivity contribution is -0.150. The molecular formula is C8H16O6. The van der Waals surface area contributed by atoms with Gasteiger partial charge in [-0.2, -0.15) is 0 Å². The summed E-state index contributed by atoms with van der Waals surface area (Å²) >= 11 is 0. The lowest BCUT2D eigenvalue weighted by Gasteiger charge is -2.16. The summed E-state index contributed by atoms with van der Waals surface area (Å²) in [7, 11) is 0. The van der Waals surface area contributed by atoms with Crippen LogP contribution in [-0.4, -0.2) is 52.0 Å². The fourth-order valence-electron chi connectivity index (χ4n) is 0.118. The normalized spacial score (nSPS) is 10.1. The Morgan fingerprint density at radius 1 is 1.07 bits per heavy atom. The zero-order valence-corrected chi connectivity index (χ0v) is 8.23. The van der Waals surface area contributed by atoms with E-state index in [1.165, 1.54) is 0 Å². The molecule has 6 nitrogen and oxygen atoms in total. The molecule has 0 spiro atoms. The van der Waals surface area contributed by atoms with Crippen LogP contribution in [0.1, 0.15) is 13.8 Å². The van der Waals surface area contributed by atoms with Crippen LogP contribution in [0.3, 0.4) is 0 Å². The van der Waals surface area contributed by atoms with Gasteiger partial charge in [0.1, 0.15) is 6.61 Å². The van der Waals surface area contributed by atoms with E-state index in [1.54, 1.807) is 13.8 Å². The molecular weight excluding hydrogens is 192 g/mol. The smallest absolute Gasteiger partial charge is 0.374 e. The lowest BCUT2D eigenvalue weighted by atomic mass is 9.97. The Bertz CT molecular complexity index is 180. The highest BCUT2D eigenvalue weighted by molar-refractivity contribution is 6.33. The summed E-state index contributed by atoms with van der Waals surface area (Å²) in [5.41, 5.74) is -0.306. The molecule has 0 saturated carbocycles. The SMILES string of the molecule is CC(C)(CO)CO.O=C(O)C(=O)CO. The molecule has 0 atom stereocenters. The van der Waals surface area contributed by atoms with Gasteiger partial charge in [-0.15, -0.1) is 0 Å². The van der Waals surface area contributed by atoms with Crippen molar-refractivity contribution in [2.24, 2.45) is 5.41 Å². The summed E-state index contributed by atoms with van der Waals surface area (Å²) in [6.07, 6.45) is 0. The highest BCUT2D eigenvalue weighted by atomic mass is 16.4. The molecule has 0 fully saturated rings. The van der Waals surface area contributed by atoms with E-state index in [9.17, 15) is 9.59 Å². The first-order valence-electron chi connectivity index (χ1n) is 3.89. The van der Waals surface area contributed by atoms with E-state index in [-0.39, 0.29) is 18.6 Å². The standard InChI is InChI=1S/C5H12O2.C3H4O4/c1-5(2,3-6)4-7;4-1-2(5)3(6)7/h6-7H,3-4H2,1-2H3;4H,1H2,(H,6,7). The van der Waals surface area contributed by atoms with Gasteiger partial charge >= 0.3 is 5.97 Å². The van der Waals surface area contributed by atoms with Crippen LogP contribution in [0.25, 0.3) is 0 Å². The monoisotopic (exact) mass is 208 g/mol. The van der Waals surface area contributed by atoms with E-state index in [4.69, 9.17) is 20.4 Å². The number of Topliss-reactive ketones (excluding diaryl/α,β-unsaturated/α-hetero) is 1. The molecule has 0 aliphatic carbocycles. The number of carbonyl (C=O) groups excluding carboxylic acids is 1. The van der Waals surface area contributed by atoms with Crippen LogP contribution in [-0.2, 0) is 9.59 Å². The van der Waals surface area contributed by atoms with Crippen molar-refractivity contribution < 1.29 is 30.0 Å². The molecule has 0 aliphatic rings. The third-order valence-electron chi connectivity index (χ3n) is 1.24. The molecule has 0 aliphatic heterocycles. The van der Waals surface area contributed by atoms with Crippen LogP contribution in [0.15, 0.2) is 0 Å². The van der Waals surface area contributed by atoms with Gasteiger partial charge in [-0.25, -0.2) is 4.79 Å². The zero-order valence-electron chi connectivity index (χ0n) is 8.23. The van der Waals surface area contributed by atoms with Crippen molar-refractivity contribution in [2.45, 2.75) is 13.8 Å². The Kier molecular flexibility index (Phi) is 8.22. The van der Waals surface area contributed by atoms with E-state index in [0.717, 1.165) is 0 Å². The Labute approximate surface area is 81.8 Å². The van der Waals surface area contributed by atoms with Crippen molar-refractivity contribution in [2.75, 3.05) is 19.8 Å². The van der Waals surface area contributed by atoms with Gasteiger partial charge in [0.05, 0.1) is 13.2 Å². The minimum Gasteiger partial charge on any atom is -0.475 e. The quantitative estimate of drug-likeness (QED) is 0.424. The summed E-state index contributed by atoms with van der Waals surface area (Å²) in [5, 5.41) is 32.3. The maximum atomic E-state index is 9.66. The molecule has 0 rings (SSSR count). The largest absolute Gasteiger partial charge is 0.475 e. The predicted octanol–water partition coefficient (Wildman–Crippen LogP) is -1.37. The molecule has 0 aromatic rings. The van der Waals surface area contributed by atoms with Crippen LogP contribution in [0.4, 0.5) is 0 Å². The predicted molar refractivity (Wildman–Crippen MR) is 47.7 cm³/mol. The number of carboxylic acids is 1. The van der Waals surface area contributed by atoms with E-state index < -0.39 is 18.4 Å². The van der Waals surface area contributed by atoms with Crippen molar-refractivity contribution in [1.82, 2.24) is 0 Å². The second-order valence-electron chi connectivity index (χ2n) is 3.37. The van der Waals surface area contributed by atoms with Crippen molar-refractivity contribution in [3.8, 4) is 0 Å². The number of carbonyl (C=O) groups is 2. The topological polar surface area (TPSA) is 115 Å². The van der Waals surface area contributed by atoms with E-state index in [2.05, 4.69) is 0 Å². The number of carboxylic acid groups (broad SMARTS) is 1. The summed E-state index contributed by atoms with van der Waals surface area (Å²) in [6, 6.07) is 0. The van der Waals surface area contributed by atoms with Gasteiger partial charge in [-0.1, -0.05) is 13.8 Å². The van der Waals surface area contributed by atoms with Crippen LogP contribution < -0.4 is 0 Å². The van der Waals surface area contributed by atoms with Gasteiger partial charge in [0, 0.05) is 5.41 Å². The van der Waals surface area contributed by atoms with Gasteiger partial charge in [-0.3, -0.25) is 4.79 Å². The van der Waals surface area contributed by atoms with E-state index in [1.807, 2.05) is 0 Å². The molecule has 0 heterocycles. The van der Waals surface area contributed by atoms with Crippen LogP contribution >= 0.6 is 0 Å². The number of hydrogen-bond acceptors (Lipinski definition) is 5. The van der Waals surface area contributed by atoms with Crippen molar-refractivity contribution in [3.05, 3.63) is 0 Å². The zero-order chi connectivity index (χ0) is 11.8. The maximum absolute atomic E-state index is 9.66. The molecule has 84 valence electrons. The van der Waals surface area contributed by atoms with Crippen LogP contribution in [0, 0.1) is 5.41 Å². The fourth-order valence-corrected chi connectivity index (χ4v) is 0.118. The highest BCUT2D eigenvalue weighted by Crippen LogP contribution is 2.10. The maximum Gasteiger partial charge on any atom is 0.374 e. The fraction of sp³-hybridized carbons (Fsp3) is 0.750. The minimum atomic E-state index is -1.59. The Hall–Kier alpha value is -0.980. The molecule has 0 saturated heterocycles. The lowest BCUT2D eigenvalue weighted by Crippen LogP contribution is -2.20.